The molecule has 0 aliphatic heterocycles. The van der Waals surface area contributed by atoms with E-state index in [1.54, 1.807) is 36.4 Å². The number of hydrogen-bond acceptors (Lipinski definition) is 4. The second kappa shape index (κ2) is 8.73. The van der Waals surface area contributed by atoms with Crippen molar-refractivity contribution in [3.63, 3.8) is 0 Å². The molecule has 0 spiro atoms. The molecule has 0 atom stereocenters. The molecule has 2 heterocycles. The summed E-state index contributed by atoms with van der Waals surface area (Å²) in [6.45, 7) is 0.412. The van der Waals surface area contributed by atoms with Crippen molar-refractivity contribution in [1.29, 1.82) is 5.26 Å². The molecule has 0 aliphatic rings. The lowest BCUT2D eigenvalue weighted by Crippen LogP contribution is -1.99. The molecule has 0 bridgehead atoms. The maximum absolute atomic E-state index is 11.7. The number of carbonyl (C=O) groups is 1. The fourth-order valence-corrected chi connectivity index (χ4v) is 3.91. The quantitative estimate of drug-likeness (QED) is 0.259. The van der Waals surface area contributed by atoms with Gasteiger partial charge in [0.15, 0.2) is 0 Å². The van der Waals surface area contributed by atoms with Crippen LogP contribution in [0.1, 0.15) is 27.4 Å². The molecule has 0 unspecified atom stereocenters. The first-order valence-electron chi connectivity index (χ1n) is 9.32. The number of carbonyl (C=O) groups excluding carboxylic acids is 1. The van der Waals surface area contributed by atoms with Crippen molar-refractivity contribution in [2.75, 3.05) is 7.11 Å². The molecule has 2 aromatic carbocycles. The molecule has 0 fully saturated rings. The molecule has 0 saturated carbocycles. The van der Waals surface area contributed by atoms with Crippen LogP contribution in [-0.4, -0.2) is 17.6 Å². The van der Waals surface area contributed by atoms with E-state index >= 15 is 0 Å². The summed E-state index contributed by atoms with van der Waals surface area (Å²) in [5, 5.41) is 11.6. The van der Waals surface area contributed by atoms with E-state index in [2.05, 4.69) is 6.07 Å². The van der Waals surface area contributed by atoms with Gasteiger partial charge in [0.25, 0.3) is 0 Å². The lowest BCUT2D eigenvalue weighted by atomic mass is 10.0. The van der Waals surface area contributed by atoms with Gasteiger partial charge in [0.1, 0.15) is 5.76 Å². The zero-order valence-corrected chi connectivity index (χ0v) is 17.9. The lowest BCUT2D eigenvalue weighted by Gasteiger charge is -2.03. The summed E-state index contributed by atoms with van der Waals surface area (Å²) < 4.78 is 12.3. The van der Waals surface area contributed by atoms with Crippen molar-refractivity contribution in [2.24, 2.45) is 0 Å². The average Bonchev–Trinajstić information content (AvgIpc) is 3.37. The van der Waals surface area contributed by atoms with Gasteiger partial charge in [0.05, 0.1) is 30.3 Å². The van der Waals surface area contributed by atoms with Gasteiger partial charge in [-0.2, -0.15) is 5.26 Å². The van der Waals surface area contributed by atoms with E-state index in [0.29, 0.717) is 33.5 Å². The Bertz CT molecular complexity index is 1360. The highest BCUT2D eigenvalue weighted by atomic mass is 35.5. The van der Waals surface area contributed by atoms with E-state index in [1.165, 1.54) is 7.11 Å². The van der Waals surface area contributed by atoms with E-state index in [4.69, 9.17) is 32.4 Å². The van der Waals surface area contributed by atoms with Crippen molar-refractivity contribution in [1.82, 2.24) is 4.57 Å². The number of benzene rings is 2. The zero-order chi connectivity index (χ0) is 22.0. The molecule has 31 heavy (non-hydrogen) atoms. The van der Waals surface area contributed by atoms with E-state index in [1.807, 2.05) is 35.0 Å². The van der Waals surface area contributed by atoms with Gasteiger partial charge in [-0.25, -0.2) is 4.79 Å². The monoisotopic (exact) mass is 450 g/mol. The molecule has 0 amide bonds. The maximum atomic E-state index is 11.7. The minimum absolute atomic E-state index is 0.151. The minimum atomic E-state index is -0.522. The van der Waals surface area contributed by atoms with Crippen molar-refractivity contribution < 1.29 is 13.9 Å². The molecule has 7 heteroatoms. The molecule has 4 rings (SSSR count). The van der Waals surface area contributed by atoms with Gasteiger partial charge in [-0.15, -0.1) is 0 Å². The van der Waals surface area contributed by atoms with Crippen LogP contribution in [0.5, 0.6) is 0 Å². The molecule has 2 aromatic heterocycles. The van der Waals surface area contributed by atoms with Crippen molar-refractivity contribution in [3.8, 4) is 6.07 Å². The Kier molecular flexibility index (Phi) is 5.85. The number of esters is 1. The Morgan fingerprint density at radius 1 is 1.19 bits per heavy atom. The number of nitrogens with zero attached hydrogens (tertiary/aromatic N) is 2. The van der Waals surface area contributed by atoms with Gasteiger partial charge in [0, 0.05) is 33.2 Å². The third-order valence-corrected chi connectivity index (χ3v) is 5.38. The number of fused-ring (bicyclic) bond motifs is 1. The maximum Gasteiger partial charge on any atom is 0.373 e. The largest absolute Gasteiger partial charge is 0.463 e. The lowest BCUT2D eigenvalue weighted by molar-refractivity contribution is 0.0563. The summed E-state index contributed by atoms with van der Waals surface area (Å²) in [5.41, 5.74) is 2.86. The number of ether oxygens (including phenoxy) is 1. The molecular formula is C24H16Cl2N2O3. The summed E-state index contributed by atoms with van der Waals surface area (Å²) in [4.78, 5) is 11.7. The molecule has 0 aliphatic carbocycles. The fourth-order valence-electron chi connectivity index (χ4n) is 3.40. The number of hydrogen-bond donors (Lipinski definition) is 0. The second-order valence-corrected chi connectivity index (χ2v) is 7.62. The van der Waals surface area contributed by atoms with E-state index in [0.717, 1.165) is 16.5 Å². The Balaban J connectivity index is 1.76. The highest BCUT2D eigenvalue weighted by molar-refractivity contribution is 6.36. The van der Waals surface area contributed by atoms with Crippen molar-refractivity contribution in [3.05, 3.63) is 93.5 Å². The Morgan fingerprint density at radius 2 is 2.00 bits per heavy atom. The van der Waals surface area contributed by atoms with Crippen molar-refractivity contribution >= 4 is 51.7 Å². The van der Waals surface area contributed by atoms with Crippen molar-refractivity contribution in [2.45, 2.75) is 6.54 Å². The number of para-hydroxylation sites is 1. The number of furan rings is 1. The van der Waals surface area contributed by atoms with Crippen LogP contribution in [0.4, 0.5) is 0 Å². The molecule has 4 aromatic rings. The SMILES string of the molecule is COC(=O)c1ccc(Cn2cc(/C=C(/C#N)c3ccc(Cl)cc3Cl)c3ccccc32)o1. The van der Waals surface area contributed by atoms with Gasteiger partial charge < -0.3 is 13.7 Å². The van der Waals surface area contributed by atoms with Gasteiger partial charge in [-0.05, 0) is 36.4 Å². The average molecular weight is 451 g/mol. The normalized spacial score (nSPS) is 11.5. The topological polar surface area (TPSA) is 68.2 Å². The Labute approximate surface area is 188 Å². The summed E-state index contributed by atoms with van der Waals surface area (Å²) >= 11 is 12.3. The first kappa shape index (κ1) is 20.8. The van der Waals surface area contributed by atoms with E-state index < -0.39 is 5.97 Å². The number of aromatic nitrogens is 1. The molecule has 154 valence electrons. The van der Waals surface area contributed by atoms with E-state index in [-0.39, 0.29) is 5.76 Å². The predicted molar refractivity (Wildman–Crippen MR) is 121 cm³/mol. The number of methoxy groups -OCH3 is 1. The van der Waals surface area contributed by atoms with Crippen LogP contribution in [-0.2, 0) is 11.3 Å². The van der Waals surface area contributed by atoms with Crippen LogP contribution in [0.15, 0.2) is 65.2 Å². The number of nitriles is 1. The standard InChI is InChI=1S/C24H16Cl2N2O3/c1-30-24(29)23-9-7-18(31-23)14-28-13-16(20-4-2-3-5-22(20)28)10-15(12-27)19-8-6-17(25)11-21(19)26/h2-11,13H,14H2,1H3/b15-10-. The third-order valence-electron chi connectivity index (χ3n) is 4.84. The smallest absolute Gasteiger partial charge is 0.373 e. The third kappa shape index (κ3) is 4.22. The van der Waals surface area contributed by atoms with Crippen LogP contribution in [0.25, 0.3) is 22.6 Å². The fraction of sp³-hybridized carbons (Fsp3) is 0.0833. The minimum Gasteiger partial charge on any atom is -0.463 e. The molecule has 5 nitrogen and oxygen atoms in total. The highest BCUT2D eigenvalue weighted by Crippen LogP contribution is 2.31. The summed E-state index contributed by atoms with van der Waals surface area (Å²) in [7, 11) is 1.31. The van der Waals surface area contributed by atoms with E-state index in [9.17, 15) is 10.1 Å². The Morgan fingerprint density at radius 3 is 2.74 bits per heavy atom. The Hall–Kier alpha value is -3.46. The summed E-state index contributed by atoms with van der Waals surface area (Å²) in [5.74, 6) is 0.238. The van der Waals surface area contributed by atoms with Gasteiger partial charge >= 0.3 is 5.97 Å². The molecule has 0 saturated heterocycles. The molecular weight excluding hydrogens is 435 g/mol. The zero-order valence-electron chi connectivity index (χ0n) is 16.4. The first-order valence-corrected chi connectivity index (χ1v) is 10.1. The molecule has 0 radical (unpaired) electrons. The number of allylic oxidation sites excluding steroid dienone is 1. The highest BCUT2D eigenvalue weighted by Gasteiger charge is 2.14. The summed E-state index contributed by atoms with van der Waals surface area (Å²) in [6.07, 6.45) is 3.74. The van der Waals surface area contributed by atoms with Crippen LogP contribution in [0.2, 0.25) is 10.0 Å². The predicted octanol–water partition coefficient (Wildman–Crippen LogP) is 6.44. The van der Waals surface area contributed by atoms with Crippen LogP contribution in [0, 0.1) is 11.3 Å². The van der Waals surface area contributed by atoms with Crippen LogP contribution in [0.3, 0.4) is 0 Å². The van der Waals surface area contributed by atoms with Crippen LogP contribution >= 0.6 is 23.2 Å². The summed E-state index contributed by atoms with van der Waals surface area (Å²) in [6, 6.07) is 18.4. The number of rotatable bonds is 5. The van der Waals surface area contributed by atoms with Gasteiger partial charge in [-0.3, -0.25) is 0 Å². The van der Waals surface area contributed by atoms with Gasteiger partial charge in [0.2, 0.25) is 5.76 Å². The van der Waals surface area contributed by atoms with Crippen LogP contribution < -0.4 is 0 Å². The first-order chi connectivity index (χ1) is 15.0. The molecule has 0 N–H and O–H groups in total. The number of halogens is 2. The van der Waals surface area contributed by atoms with Gasteiger partial charge in [-0.1, -0.05) is 47.5 Å². The second-order valence-electron chi connectivity index (χ2n) is 6.78.